The number of piperidine rings is 1. The number of hydrogen-bond donors (Lipinski definition) is 0. The fourth-order valence-corrected chi connectivity index (χ4v) is 5.23. The predicted molar refractivity (Wildman–Crippen MR) is 123 cm³/mol. The van der Waals surface area contributed by atoms with Crippen LogP contribution in [0.1, 0.15) is 63.5 Å². The Morgan fingerprint density at radius 2 is 1.24 bits per heavy atom. The maximum Gasteiger partial charge on any atom is 0.0240 e. The highest BCUT2D eigenvalue weighted by atomic mass is 15.2. The minimum atomic E-state index is 0.551. The van der Waals surface area contributed by atoms with Gasteiger partial charge >= 0.3 is 0 Å². The molecule has 1 heterocycles. The molecular formula is C27H38N2. The monoisotopic (exact) mass is 390 g/mol. The van der Waals surface area contributed by atoms with Gasteiger partial charge in [-0.05, 0) is 68.2 Å². The van der Waals surface area contributed by atoms with Gasteiger partial charge in [-0.1, -0.05) is 74.5 Å². The van der Waals surface area contributed by atoms with Crippen molar-refractivity contribution in [1.29, 1.82) is 0 Å². The lowest BCUT2D eigenvalue weighted by Crippen LogP contribution is -2.47. The third-order valence-corrected chi connectivity index (χ3v) is 7.31. The Morgan fingerprint density at radius 3 is 1.72 bits per heavy atom. The lowest BCUT2D eigenvalue weighted by Gasteiger charge is -2.45. The minimum absolute atomic E-state index is 0.551. The van der Waals surface area contributed by atoms with Crippen LogP contribution in [-0.4, -0.2) is 35.0 Å². The number of benzene rings is 2. The molecule has 4 rings (SSSR count). The highest BCUT2D eigenvalue weighted by Gasteiger charge is 2.33. The second-order valence-corrected chi connectivity index (χ2v) is 10.0. The average molecular weight is 391 g/mol. The van der Waals surface area contributed by atoms with Gasteiger partial charge in [0.25, 0.3) is 0 Å². The molecule has 0 unspecified atom stereocenters. The average Bonchev–Trinajstić information content (AvgIpc) is 2.75. The van der Waals surface area contributed by atoms with Crippen LogP contribution in [0.25, 0.3) is 0 Å². The van der Waals surface area contributed by atoms with Crippen molar-refractivity contribution < 1.29 is 0 Å². The summed E-state index contributed by atoms with van der Waals surface area (Å²) >= 11 is 0. The van der Waals surface area contributed by atoms with E-state index in [1.165, 1.54) is 62.7 Å². The molecule has 1 saturated carbocycles. The molecule has 2 fully saturated rings. The van der Waals surface area contributed by atoms with Gasteiger partial charge in [-0.3, -0.25) is 4.90 Å². The first-order chi connectivity index (χ1) is 14.1. The molecule has 0 bridgehead atoms. The Labute approximate surface area is 177 Å². The molecule has 1 saturated heterocycles. The second-order valence-electron chi connectivity index (χ2n) is 10.0. The van der Waals surface area contributed by atoms with E-state index in [1.54, 1.807) is 0 Å². The summed E-state index contributed by atoms with van der Waals surface area (Å²) in [4.78, 5) is 5.54. The fraction of sp³-hybridized carbons (Fsp3) is 0.556. The molecule has 2 aromatic rings. The van der Waals surface area contributed by atoms with Gasteiger partial charge in [-0.25, -0.2) is 0 Å². The Balaban J connectivity index is 1.38. The highest BCUT2D eigenvalue weighted by Crippen LogP contribution is 2.34. The zero-order valence-corrected chi connectivity index (χ0v) is 18.4. The zero-order valence-electron chi connectivity index (χ0n) is 18.4. The van der Waals surface area contributed by atoms with E-state index in [4.69, 9.17) is 0 Å². The van der Waals surface area contributed by atoms with Crippen LogP contribution >= 0.6 is 0 Å². The molecule has 2 heteroatoms. The second kappa shape index (κ2) is 9.45. The quantitative estimate of drug-likeness (QED) is 0.586. The van der Waals surface area contributed by atoms with Gasteiger partial charge in [0.15, 0.2) is 0 Å². The molecule has 0 amide bonds. The molecule has 0 spiro atoms. The summed E-state index contributed by atoms with van der Waals surface area (Å²) in [7, 11) is 0. The third-order valence-electron chi connectivity index (χ3n) is 7.31. The number of hydrogen-bond acceptors (Lipinski definition) is 2. The Kier molecular flexibility index (Phi) is 6.72. The summed E-state index contributed by atoms with van der Waals surface area (Å²) in [6, 6.07) is 23.6. The van der Waals surface area contributed by atoms with Crippen molar-refractivity contribution in [2.75, 3.05) is 13.1 Å². The van der Waals surface area contributed by atoms with Gasteiger partial charge in [-0.2, -0.15) is 0 Å². The first-order valence-electron chi connectivity index (χ1n) is 11.6. The van der Waals surface area contributed by atoms with Crippen molar-refractivity contribution in [2.24, 2.45) is 5.41 Å². The van der Waals surface area contributed by atoms with Crippen LogP contribution in [0.4, 0.5) is 0 Å². The molecule has 2 aliphatic rings. The first kappa shape index (κ1) is 20.6. The third kappa shape index (κ3) is 5.71. The molecule has 0 N–H and O–H groups in total. The topological polar surface area (TPSA) is 6.48 Å². The molecule has 1 aliphatic heterocycles. The summed E-state index contributed by atoms with van der Waals surface area (Å²) in [6.45, 7) is 9.60. The van der Waals surface area contributed by atoms with Gasteiger partial charge in [0.1, 0.15) is 0 Å². The number of rotatable bonds is 6. The Hall–Kier alpha value is -1.64. The lowest BCUT2D eigenvalue weighted by atomic mass is 9.80. The van der Waals surface area contributed by atoms with Crippen LogP contribution in [0, 0.1) is 5.41 Å². The lowest BCUT2D eigenvalue weighted by molar-refractivity contribution is 0.0497. The van der Waals surface area contributed by atoms with Crippen molar-refractivity contribution in [2.45, 2.75) is 77.5 Å². The van der Waals surface area contributed by atoms with Crippen molar-refractivity contribution in [3.05, 3.63) is 71.8 Å². The molecule has 0 atom stereocenters. The minimum Gasteiger partial charge on any atom is -0.300 e. The van der Waals surface area contributed by atoms with Gasteiger partial charge in [-0.15, -0.1) is 0 Å². The van der Waals surface area contributed by atoms with Gasteiger partial charge in [0.2, 0.25) is 0 Å². The molecular weight excluding hydrogens is 352 g/mol. The van der Waals surface area contributed by atoms with E-state index < -0.39 is 0 Å². The van der Waals surface area contributed by atoms with Crippen LogP contribution in [0.3, 0.4) is 0 Å². The normalized spacial score (nSPS) is 25.2. The Morgan fingerprint density at radius 1 is 0.759 bits per heavy atom. The Bertz CT molecular complexity index is 680. The summed E-state index contributed by atoms with van der Waals surface area (Å²) in [6.07, 6.45) is 8.13. The van der Waals surface area contributed by atoms with E-state index in [9.17, 15) is 0 Å². The van der Waals surface area contributed by atoms with E-state index in [2.05, 4.69) is 84.3 Å². The molecule has 29 heavy (non-hydrogen) atoms. The van der Waals surface area contributed by atoms with Crippen molar-refractivity contribution in [1.82, 2.24) is 9.80 Å². The molecule has 1 aliphatic carbocycles. The van der Waals surface area contributed by atoms with Crippen LogP contribution in [0.5, 0.6) is 0 Å². The predicted octanol–water partition coefficient (Wildman–Crippen LogP) is 6.12. The van der Waals surface area contributed by atoms with Crippen LogP contribution in [-0.2, 0) is 13.1 Å². The highest BCUT2D eigenvalue weighted by molar-refractivity contribution is 5.17. The van der Waals surface area contributed by atoms with E-state index in [0.717, 1.165) is 19.1 Å². The molecule has 0 aromatic heterocycles. The van der Waals surface area contributed by atoms with Crippen molar-refractivity contribution >= 4 is 0 Å². The van der Waals surface area contributed by atoms with Gasteiger partial charge in [0, 0.05) is 25.2 Å². The molecule has 0 radical (unpaired) electrons. The van der Waals surface area contributed by atoms with Gasteiger partial charge in [0.05, 0.1) is 0 Å². The molecule has 2 nitrogen and oxygen atoms in total. The first-order valence-corrected chi connectivity index (χ1v) is 11.6. The summed E-state index contributed by atoms with van der Waals surface area (Å²) in [5.41, 5.74) is 3.42. The maximum absolute atomic E-state index is 2.81. The van der Waals surface area contributed by atoms with E-state index in [0.29, 0.717) is 11.5 Å². The number of likely N-dealkylation sites (tertiary alicyclic amines) is 1. The SMILES string of the molecule is CC1(C)CCN(C2CCC(N(Cc3ccccc3)Cc3ccccc3)CC2)CC1. The van der Waals surface area contributed by atoms with E-state index >= 15 is 0 Å². The largest absolute Gasteiger partial charge is 0.300 e. The fourth-order valence-electron chi connectivity index (χ4n) is 5.23. The van der Waals surface area contributed by atoms with Crippen molar-refractivity contribution in [3.8, 4) is 0 Å². The molecule has 2 aromatic carbocycles. The maximum atomic E-state index is 2.81. The van der Waals surface area contributed by atoms with E-state index in [-0.39, 0.29) is 0 Å². The summed E-state index contributed by atoms with van der Waals surface area (Å²) in [5.74, 6) is 0. The standard InChI is InChI=1S/C27H38N2/c1-27(2)17-19-28(20-18-27)25-13-15-26(16-14-25)29(21-23-9-5-3-6-10-23)22-24-11-7-4-8-12-24/h3-12,25-26H,13-22H2,1-2H3. The van der Waals surface area contributed by atoms with Crippen LogP contribution in [0.2, 0.25) is 0 Å². The summed E-state index contributed by atoms with van der Waals surface area (Å²) in [5, 5.41) is 0. The van der Waals surface area contributed by atoms with E-state index in [1.807, 2.05) is 0 Å². The summed E-state index contributed by atoms with van der Waals surface area (Å²) < 4.78 is 0. The van der Waals surface area contributed by atoms with Crippen LogP contribution in [0.15, 0.2) is 60.7 Å². The smallest absolute Gasteiger partial charge is 0.0240 e. The zero-order chi connectivity index (χ0) is 20.1. The van der Waals surface area contributed by atoms with Crippen molar-refractivity contribution in [3.63, 3.8) is 0 Å². The van der Waals surface area contributed by atoms with Gasteiger partial charge < -0.3 is 4.90 Å². The molecule has 156 valence electrons. The number of nitrogens with zero attached hydrogens (tertiary/aromatic N) is 2. The van der Waals surface area contributed by atoms with Crippen LogP contribution < -0.4 is 0 Å².